The van der Waals surface area contributed by atoms with Crippen molar-refractivity contribution in [2.24, 2.45) is 34.8 Å². The minimum atomic E-state index is -1.67. The summed E-state index contributed by atoms with van der Waals surface area (Å²) < 4.78 is 0. The van der Waals surface area contributed by atoms with Crippen LogP contribution in [0.15, 0.2) is 30.3 Å². The van der Waals surface area contributed by atoms with Crippen LogP contribution in [0.4, 0.5) is 0 Å². The average molecular weight is 736 g/mol. The van der Waals surface area contributed by atoms with Crippen LogP contribution in [0.2, 0.25) is 0 Å². The zero-order valence-corrected chi connectivity index (χ0v) is 29.8. The number of imide groups is 1. The number of aliphatic hydroxyl groups is 2. The summed E-state index contributed by atoms with van der Waals surface area (Å²) >= 11 is 0. The number of carbonyl (C=O) groups is 8. The summed E-state index contributed by atoms with van der Waals surface area (Å²) in [6.07, 6.45) is -3.83. The van der Waals surface area contributed by atoms with Crippen LogP contribution in [0.25, 0.3) is 0 Å². The first-order valence-corrected chi connectivity index (χ1v) is 16.7. The van der Waals surface area contributed by atoms with Gasteiger partial charge in [-0.15, -0.1) is 0 Å². The van der Waals surface area contributed by atoms with Crippen LogP contribution in [0.5, 0.6) is 0 Å². The van der Waals surface area contributed by atoms with Crippen LogP contribution in [-0.4, -0.2) is 106 Å². The van der Waals surface area contributed by atoms with Crippen molar-refractivity contribution in [3.63, 3.8) is 0 Å². The van der Waals surface area contributed by atoms with Crippen LogP contribution in [-0.2, 0) is 44.8 Å². The van der Waals surface area contributed by atoms with E-state index in [9.17, 15) is 48.6 Å². The molecule has 290 valence electrons. The average Bonchev–Trinajstić information content (AvgIpc) is 3.06. The number of amides is 8. The van der Waals surface area contributed by atoms with Gasteiger partial charge >= 0.3 is 0 Å². The molecule has 0 heterocycles. The Hall–Kier alpha value is -4.98. The summed E-state index contributed by atoms with van der Waals surface area (Å²) in [4.78, 5) is 101. The van der Waals surface area contributed by atoms with Gasteiger partial charge in [0.15, 0.2) is 0 Å². The Balaban J connectivity index is 3.24. The van der Waals surface area contributed by atoms with Gasteiger partial charge < -0.3 is 54.4 Å². The van der Waals surface area contributed by atoms with Gasteiger partial charge in [-0.05, 0) is 30.2 Å². The first-order chi connectivity index (χ1) is 24.3. The van der Waals surface area contributed by atoms with Gasteiger partial charge in [-0.25, -0.2) is 0 Å². The van der Waals surface area contributed by atoms with Crippen LogP contribution >= 0.6 is 0 Å². The number of carbonyl (C=O) groups excluding carboxylic acids is 8. The molecule has 0 aromatic heterocycles. The number of aliphatic hydroxyl groups excluding tert-OH is 2. The molecule has 0 aliphatic rings. The third-order valence-corrected chi connectivity index (χ3v) is 7.90. The summed E-state index contributed by atoms with van der Waals surface area (Å²) in [6, 6.07) is 0.635. The van der Waals surface area contributed by atoms with Gasteiger partial charge in [-0.2, -0.15) is 0 Å². The van der Waals surface area contributed by atoms with E-state index in [4.69, 9.17) is 22.9 Å². The Morgan fingerprint density at radius 1 is 0.692 bits per heavy atom. The zero-order valence-electron chi connectivity index (χ0n) is 29.8. The van der Waals surface area contributed by atoms with Crippen LogP contribution in [0.1, 0.15) is 58.9 Å². The molecule has 7 atom stereocenters. The molecule has 0 bridgehead atoms. The molecular formula is C33H53N9O10. The molecule has 0 saturated heterocycles. The lowest BCUT2D eigenvalue weighted by molar-refractivity contribution is -0.137. The van der Waals surface area contributed by atoms with Crippen molar-refractivity contribution in [2.75, 3.05) is 6.61 Å². The highest BCUT2D eigenvalue weighted by molar-refractivity contribution is 6.00. The highest BCUT2D eigenvalue weighted by Crippen LogP contribution is 2.11. The molecule has 1 rings (SSSR count). The number of hydrogen-bond donors (Lipinski definition) is 11. The van der Waals surface area contributed by atoms with Gasteiger partial charge in [-0.1, -0.05) is 58.0 Å². The molecule has 15 N–H and O–H groups in total. The van der Waals surface area contributed by atoms with E-state index in [1.165, 1.54) is 0 Å². The predicted molar refractivity (Wildman–Crippen MR) is 187 cm³/mol. The second-order valence-corrected chi connectivity index (χ2v) is 13.1. The van der Waals surface area contributed by atoms with Gasteiger partial charge in [0.05, 0.1) is 37.6 Å². The molecule has 3 unspecified atom stereocenters. The lowest BCUT2D eigenvalue weighted by Crippen LogP contribution is -2.59. The van der Waals surface area contributed by atoms with Crippen molar-refractivity contribution in [3.8, 4) is 0 Å². The van der Waals surface area contributed by atoms with Crippen molar-refractivity contribution < 1.29 is 48.6 Å². The van der Waals surface area contributed by atoms with E-state index in [0.29, 0.717) is 5.56 Å². The van der Waals surface area contributed by atoms with E-state index in [0.717, 1.165) is 0 Å². The number of benzene rings is 1. The first kappa shape index (κ1) is 45.0. The largest absolute Gasteiger partial charge is 0.394 e. The smallest absolute Gasteiger partial charge is 0.249 e. The number of hydrogen-bond acceptors (Lipinski definition) is 12. The topological polar surface area (TPSA) is 341 Å². The third-order valence-electron chi connectivity index (χ3n) is 7.90. The van der Waals surface area contributed by atoms with E-state index in [2.05, 4.69) is 26.6 Å². The Morgan fingerprint density at radius 3 is 1.79 bits per heavy atom. The van der Waals surface area contributed by atoms with Crippen molar-refractivity contribution in [2.45, 2.75) is 102 Å². The van der Waals surface area contributed by atoms with Crippen molar-refractivity contribution in [3.05, 3.63) is 35.9 Å². The Kier molecular flexibility index (Phi) is 19.1. The standard InChI is InChI=1S/C33H53N9O10/c1-16(2)27(37)32(51)42-28(17(3)4)33(52)41-26(47)14-23(44)21(12-18-8-6-5-7-9-18)39-31(50)22(13-25(36)46)40-30(49)20(10-11-24(35)45)38-29(48)19(34)15-43/h5-9,16-17,19-23,27-28,43-44H,10-15,34,37H2,1-4H3,(H2,35,45)(H2,36,46)(H,38,48)(H,39,50)(H,40,49)(H,42,51)(H,41,47,52)/t19-,20-,21?,22-,23-,27?,28?/m0/s1. The molecule has 1 aromatic carbocycles. The number of primary amides is 2. The molecule has 0 saturated carbocycles. The van der Waals surface area contributed by atoms with E-state index in [1.54, 1.807) is 58.0 Å². The molecule has 0 fully saturated rings. The molecular weight excluding hydrogens is 682 g/mol. The van der Waals surface area contributed by atoms with Crippen LogP contribution in [0.3, 0.4) is 0 Å². The Morgan fingerprint density at radius 2 is 1.27 bits per heavy atom. The molecule has 19 nitrogen and oxygen atoms in total. The van der Waals surface area contributed by atoms with E-state index in [-0.39, 0.29) is 25.2 Å². The normalized spacial score (nSPS) is 15.2. The van der Waals surface area contributed by atoms with E-state index < -0.39 is 115 Å². The number of rotatable bonds is 22. The molecule has 1 aromatic rings. The Labute approximate surface area is 301 Å². The van der Waals surface area contributed by atoms with Gasteiger partial charge in [-0.3, -0.25) is 43.7 Å². The van der Waals surface area contributed by atoms with Gasteiger partial charge in [0, 0.05) is 6.42 Å². The maximum Gasteiger partial charge on any atom is 0.249 e. The quantitative estimate of drug-likeness (QED) is 0.0538. The van der Waals surface area contributed by atoms with Gasteiger partial charge in [0.1, 0.15) is 24.2 Å². The SMILES string of the molecule is CC(C)C(N)C(=O)NC(C(=O)NC(=O)C[C@H](O)C(Cc1ccccc1)NC(=O)[C@H](CC(N)=O)NC(=O)[C@H](CCC(N)=O)NC(=O)[C@@H](N)CO)C(C)C. The minimum Gasteiger partial charge on any atom is -0.394 e. The lowest BCUT2D eigenvalue weighted by atomic mass is 9.97. The molecule has 8 amide bonds. The maximum absolute atomic E-state index is 13.6. The molecule has 0 aliphatic heterocycles. The fourth-order valence-corrected chi connectivity index (χ4v) is 4.72. The fraction of sp³-hybridized carbons (Fsp3) is 0.576. The number of nitrogens with one attached hydrogen (secondary N) is 5. The second kappa shape index (κ2) is 22.1. The van der Waals surface area contributed by atoms with E-state index >= 15 is 0 Å². The molecule has 0 aliphatic carbocycles. The van der Waals surface area contributed by atoms with Crippen molar-refractivity contribution in [1.29, 1.82) is 0 Å². The van der Waals surface area contributed by atoms with Crippen molar-refractivity contribution in [1.82, 2.24) is 26.6 Å². The summed E-state index contributed by atoms with van der Waals surface area (Å²) in [6.45, 7) is 6.00. The first-order valence-electron chi connectivity index (χ1n) is 16.7. The molecule has 19 heteroatoms. The van der Waals surface area contributed by atoms with E-state index in [1.807, 2.05) is 0 Å². The highest BCUT2D eigenvalue weighted by atomic mass is 16.3. The highest BCUT2D eigenvalue weighted by Gasteiger charge is 2.33. The third kappa shape index (κ3) is 15.9. The number of nitrogens with two attached hydrogens (primary N) is 4. The molecule has 0 radical (unpaired) electrons. The zero-order chi connectivity index (χ0) is 39.7. The van der Waals surface area contributed by atoms with Crippen LogP contribution in [0, 0.1) is 11.8 Å². The maximum atomic E-state index is 13.6. The van der Waals surface area contributed by atoms with Gasteiger partial charge in [0.2, 0.25) is 47.3 Å². The van der Waals surface area contributed by atoms with Crippen LogP contribution < -0.4 is 49.5 Å². The predicted octanol–water partition coefficient (Wildman–Crippen LogP) is -4.34. The Bertz CT molecular complexity index is 1410. The minimum absolute atomic E-state index is 0.0552. The second-order valence-electron chi connectivity index (χ2n) is 13.1. The summed E-state index contributed by atoms with van der Waals surface area (Å²) in [5.41, 5.74) is 22.5. The summed E-state index contributed by atoms with van der Waals surface area (Å²) in [7, 11) is 0. The molecule has 0 spiro atoms. The lowest BCUT2D eigenvalue weighted by Gasteiger charge is -2.28. The van der Waals surface area contributed by atoms with Gasteiger partial charge in [0.25, 0.3) is 0 Å². The summed E-state index contributed by atoms with van der Waals surface area (Å²) in [5, 5.41) is 32.1. The monoisotopic (exact) mass is 735 g/mol. The molecule has 52 heavy (non-hydrogen) atoms. The van der Waals surface area contributed by atoms with Crippen molar-refractivity contribution >= 4 is 47.3 Å². The fourth-order valence-electron chi connectivity index (χ4n) is 4.72. The summed E-state index contributed by atoms with van der Waals surface area (Å²) in [5.74, 6) is -7.86.